The number of amides is 4. The predicted molar refractivity (Wildman–Crippen MR) is 144 cm³/mol. The number of rotatable bonds is 24. The second kappa shape index (κ2) is 24.0. The van der Waals surface area contributed by atoms with Crippen LogP contribution in [0.4, 0.5) is 0 Å². The van der Waals surface area contributed by atoms with Crippen LogP contribution in [0, 0.1) is 0 Å². The molecule has 12 N–H and O–H groups in total. The molecular weight excluding hydrogens is 480 g/mol. The molecule has 0 radical (unpaired) electrons. The van der Waals surface area contributed by atoms with Gasteiger partial charge >= 0.3 is 0 Å². The van der Waals surface area contributed by atoms with Gasteiger partial charge in [0, 0.05) is 111 Å². The van der Waals surface area contributed by atoms with Gasteiger partial charge in [0.2, 0.25) is 23.6 Å². The molecule has 0 aliphatic heterocycles. The van der Waals surface area contributed by atoms with E-state index in [2.05, 4.69) is 31.1 Å². The van der Waals surface area contributed by atoms with Crippen LogP contribution in [0.5, 0.6) is 0 Å². The molecule has 0 spiro atoms. The number of hydrogen-bond acceptors (Lipinski definition) is 10. The quantitative estimate of drug-likeness (QED) is 0.0600. The summed E-state index contributed by atoms with van der Waals surface area (Å²) in [5.41, 5.74) is 21.8. The van der Waals surface area contributed by atoms with Gasteiger partial charge in [-0.3, -0.25) is 19.2 Å². The van der Waals surface area contributed by atoms with E-state index in [1.54, 1.807) is 0 Å². The lowest BCUT2D eigenvalue weighted by Gasteiger charge is -2.27. The first-order valence-corrected chi connectivity index (χ1v) is 13.2. The molecule has 0 aliphatic rings. The highest BCUT2D eigenvalue weighted by molar-refractivity contribution is 5.77. The molecule has 4 amide bonds. The lowest BCUT2D eigenvalue weighted by Crippen LogP contribution is -2.41. The van der Waals surface area contributed by atoms with Crippen molar-refractivity contribution in [2.24, 2.45) is 22.9 Å². The maximum atomic E-state index is 12.1. The summed E-state index contributed by atoms with van der Waals surface area (Å²) >= 11 is 0. The zero-order chi connectivity index (χ0) is 27.7. The normalized spacial score (nSPS) is 11.0. The molecule has 37 heavy (non-hydrogen) atoms. The molecule has 0 fully saturated rings. The molecule has 0 aromatic carbocycles. The number of nitrogens with one attached hydrogen (secondary N) is 4. The van der Waals surface area contributed by atoms with E-state index in [9.17, 15) is 19.2 Å². The molecule has 0 aliphatic carbocycles. The zero-order valence-electron chi connectivity index (χ0n) is 22.3. The van der Waals surface area contributed by atoms with Gasteiger partial charge in [-0.05, 0) is 13.0 Å². The Hall–Kier alpha value is -2.36. The molecule has 14 nitrogen and oxygen atoms in total. The standard InChI is InChI=1S/C23H50N10O4/c24-6-10-28-20(34)2-1-14-32(15-3-21(35)29-11-7-25)18-19-33(16-4-22(36)30-12-8-26)17-5-23(37)31-13-9-27/h1-19,24-27H2,(H,28,34)(H,29,35)(H,30,36)(H,31,37). The molecule has 0 saturated carbocycles. The number of nitrogens with zero attached hydrogens (tertiary/aromatic N) is 2. The topological polar surface area (TPSA) is 227 Å². The van der Waals surface area contributed by atoms with Gasteiger partial charge in [-0.15, -0.1) is 0 Å². The first kappa shape index (κ1) is 34.6. The van der Waals surface area contributed by atoms with Crippen LogP contribution in [0.25, 0.3) is 0 Å². The van der Waals surface area contributed by atoms with Gasteiger partial charge in [0.1, 0.15) is 0 Å². The van der Waals surface area contributed by atoms with E-state index in [0.717, 1.165) is 0 Å². The summed E-state index contributed by atoms with van der Waals surface area (Å²) in [4.78, 5) is 52.3. The van der Waals surface area contributed by atoms with Gasteiger partial charge in [0.05, 0.1) is 0 Å². The fraction of sp³-hybridized carbons (Fsp3) is 0.826. The summed E-state index contributed by atoms with van der Waals surface area (Å²) in [6, 6.07) is 0. The highest BCUT2D eigenvalue weighted by Gasteiger charge is 2.15. The van der Waals surface area contributed by atoms with E-state index in [4.69, 9.17) is 22.9 Å². The van der Waals surface area contributed by atoms with Crippen LogP contribution in [0.1, 0.15) is 32.1 Å². The van der Waals surface area contributed by atoms with Crippen molar-refractivity contribution < 1.29 is 19.2 Å². The van der Waals surface area contributed by atoms with Gasteiger partial charge in [0.25, 0.3) is 0 Å². The first-order chi connectivity index (χ1) is 17.9. The Morgan fingerprint density at radius 1 is 0.432 bits per heavy atom. The molecule has 0 unspecified atom stereocenters. The third kappa shape index (κ3) is 21.4. The number of hydrogen-bond donors (Lipinski definition) is 8. The Morgan fingerprint density at radius 3 is 1.05 bits per heavy atom. The molecular formula is C23H50N10O4. The van der Waals surface area contributed by atoms with Crippen molar-refractivity contribution >= 4 is 23.6 Å². The molecule has 216 valence electrons. The van der Waals surface area contributed by atoms with Crippen LogP contribution in [-0.4, -0.2) is 125 Å². The summed E-state index contributed by atoms with van der Waals surface area (Å²) in [5.74, 6) is -0.333. The zero-order valence-corrected chi connectivity index (χ0v) is 22.3. The SMILES string of the molecule is NCCNC(=O)CCCN(CCC(=O)NCCN)CCN(CCC(=O)NCCN)CCC(=O)NCCN. The van der Waals surface area contributed by atoms with E-state index in [-0.39, 0.29) is 36.5 Å². The summed E-state index contributed by atoms with van der Waals surface area (Å²) in [7, 11) is 0. The summed E-state index contributed by atoms with van der Waals surface area (Å²) in [5, 5.41) is 11.0. The Balaban J connectivity index is 4.98. The van der Waals surface area contributed by atoms with Crippen molar-refractivity contribution in [3.63, 3.8) is 0 Å². The lowest BCUT2D eigenvalue weighted by atomic mass is 10.2. The molecule has 0 rings (SSSR count). The van der Waals surface area contributed by atoms with Crippen molar-refractivity contribution in [2.75, 3.05) is 91.6 Å². The summed E-state index contributed by atoms with van der Waals surface area (Å²) < 4.78 is 0. The van der Waals surface area contributed by atoms with Gasteiger partial charge < -0.3 is 54.0 Å². The maximum absolute atomic E-state index is 12.1. The largest absolute Gasteiger partial charge is 0.355 e. The fourth-order valence-electron chi connectivity index (χ4n) is 3.40. The van der Waals surface area contributed by atoms with Gasteiger partial charge in [-0.2, -0.15) is 0 Å². The highest BCUT2D eigenvalue weighted by atomic mass is 16.2. The smallest absolute Gasteiger partial charge is 0.221 e. The van der Waals surface area contributed by atoms with Gasteiger partial charge in [-0.25, -0.2) is 0 Å². The average Bonchev–Trinajstić information content (AvgIpc) is 2.89. The monoisotopic (exact) mass is 530 g/mol. The maximum Gasteiger partial charge on any atom is 0.221 e. The minimum Gasteiger partial charge on any atom is -0.355 e. The van der Waals surface area contributed by atoms with Gasteiger partial charge in [-0.1, -0.05) is 0 Å². The Kier molecular flexibility index (Phi) is 22.5. The van der Waals surface area contributed by atoms with Crippen LogP contribution in [-0.2, 0) is 19.2 Å². The van der Waals surface area contributed by atoms with Crippen LogP contribution < -0.4 is 44.2 Å². The average molecular weight is 531 g/mol. The summed E-state index contributed by atoms with van der Waals surface area (Å²) in [6.07, 6.45) is 1.87. The number of nitrogens with two attached hydrogens (primary N) is 4. The lowest BCUT2D eigenvalue weighted by molar-refractivity contribution is -0.122. The predicted octanol–water partition coefficient (Wildman–Crippen LogP) is -4.16. The van der Waals surface area contributed by atoms with Crippen molar-refractivity contribution in [3.05, 3.63) is 0 Å². The molecule has 14 heteroatoms. The van der Waals surface area contributed by atoms with E-state index in [1.807, 2.05) is 0 Å². The minimum atomic E-state index is -0.0973. The van der Waals surface area contributed by atoms with Gasteiger partial charge in [0.15, 0.2) is 0 Å². The second-order valence-corrected chi connectivity index (χ2v) is 8.59. The second-order valence-electron chi connectivity index (χ2n) is 8.59. The fourth-order valence-corrected chi connectivity index (χ4v) is 3.40. The molecule has 0 heterocycles. The number of carbonyl (C=O) groups excluding carboxylic acids is 4. The molecule has 0 saturated heterocycles. The van der Waals surface area contributed by atoms with Crippen molar-refractivity contribution in [1.29, 1.82) is 0 Å². The van der Waals surface area contributed by atoms with Crippen LogP contribution in [0.3, 0.4) is 0 Å². The Bertz CT molecular complexity index is 615. The molecule has 0 aromatic heterocycles. The van der Waals surface area contributed by atoms with Crippen molar-refractivity contribution in [1.82, 2.24) is 31.1 Å². The van der Waals surface area contributed by atoms with E-state index < -0.39 is 0 Å². The number of carbonyl (C=O) groups is 4. The van der Waals surface area contributed by atoms with E-state index >= 15 is 0 Å². The molecule has 0 atom stereocenters. The summed E-state index contributed by atoms with van der Waals surface area (Å²) in [6.45, 7) is 6.51. The van der Waals surface area contributed by atoms with Crippen molar-refractivity contribution in [3.8, 4) is 0 Å². The van der Waals surface area contributed by atoms with E-state index in [1.165, 1.54) is 0 Å². The Labute approximate surface area is 220 Å². The minimum absolute atomic E-state index is 0.0558. The third-order valence-corrected chi connectivity index (χ3v) is 5.44. The molecule has 0 bridgehead atoms. The van der Waals surface area contributed by atoms with E-state index in [0.29, 0.717) is 111 Å². The third-order valence-electron chi connectivity index (χ3n) is 5.44. The first-order valence-electron chi connectivity index (χ1n) is 13.2. The highest BCUT2D eigenvalue weighted by Crippen LogP contribution is 2.02. The van der Waals surface area contributed by atoms with Crippen LogP contribution in [0.15, 0.2) is 0 Å². The van der Waals surface area contributed by atoms with Crippen LogP contribution in [0.2, 0.25) is 0 Å². The van der Waals surface area contributed by atoms with Crippen molar-refractivity contribution in [2.45, 2.75) is 32.1 Å². The van der Waals surface area contributed by atoms with Crippen LogP contribution >= 0.6 is 0 Å². The Morgan fingerprint density at radius 2 is 0.730 bits per heavy atom. The molecule has 0 aromatic rings.